The van der Waals surface area contributed by atoms with Crippen LogP contribution < -0.4 is 0 Å². The van der Waals surface area contributed by atoms with Crippen LogP contribution in [0.4, 0.5) is 0 Å². The lowest BCUT2D eigenvalue weighted by molar-refractivity contribution is -0.0104. The Morgan fingerprint density at radius 1 is 1.75 bits per heavy atom. The molecule has 0 aromatic carbocycles. The summed E-state index contributed by atoms with van der Waals surface area (Å²) in [5, 5.41) is 9.90. The minimum Gasteiger partial charge on any atom is -0.288 e. The Hall–Kier alpha value is -0.410. The van der Waals surface area contributed by atoms with Crippen LogP contribution in [0, 0.1) is 0 Å². The fourth-order valence-electron chi connectivity index (χ4n) is 0.577. The van der Waals surface area contributed by atoms with E-state index in [9.17, 15) is 0 Å². The molecule has 0 amide bonds. The van der Waals surface area contributed by atoms with Crippen molar-refractivity contribution in [3.63, 3.8) is 0 Å². The normalized spacial score (nSPS) is 19.6. The number of nitrogens with zero attached hydrogens (tertiary/aromatic N) is 1. The molecular weight excluding hydrogens is 122 g/mol. The van der Waals surface area contributed by atoms with Crippen molar-refractivity contribution in [2.75, 3.05) is 6.54 Å². The Balaban J connectivity index is 2.60. The minimum atomic E-state index is 0.510. The predicted octanol–water partition coefficient (Wildman–Crippen LogP) is 0.965. The first-order valence-electron chi connectivity index (χ1n) is 2.47. The summed E-state index contributed by atoms with van der Waals surface area (Å²) in [6.07, 6.45) is 4.57. The molecule has 2 nitrogen and oxygen atoms in total. The molecule has 0 radical (unpaired) electrons. The second-order valence-corrected chi connectivity index (χ2v) is 2.07. The minimum absolute atomic E-state index is 0.510. The van der Waals surface area contributed by atoms with Gasteiger partial charge >= 0.3 is 0 Å². The van der Waals surface area contributed by atoms with E-state index < -0.39 is 0 Å². The van der Waals surface area contributed by atoms with Crippen molar-refractivity contribution in [1.29, 1.82) is 0 Å². The molecule has 1 N–H and O–H groups in total. The standard InChI is InChI=1S/C5H7NOS/c7-6-4-2-1-3-5(6)8/h1,3,7H,2,4H2. The second kappa shape index (κ2) is 2.24. The summed E-state index contributed by atoms with van der Waals surface area (Å²) in [7, 11) is 0. The maximum Gasteiger partial charge on any atom is 0.126 e. The van der Waals surface area contributed by atoms with Gasteiger partial charge in [0.1, 0.15) is 4.99 Å². The van der Waals surface area contributed by atoms with Gasteiger partial charge in [0.05, 0.1) is 0 Å². The van der Waals surface area contributed by atoms with E-state index in [0.29, 0.717) is 11.5 Å². The third-order valence-corrected chi connectivity index (χ3v) is 1.37. The fourth-order valence-corrected chi connectivity index (χ4v) is 0.765. The van der Waals surface area contributed by atoms with Crippen LogP contribution >= 0.6 is 12.2 Å². The van der Waals surface area contributed by atoms with E-state index >= 15 is 0 Å². The molecule has 0 unspecified atom stereocenters. The van der Waals surface area contributed by atoms with Gasteiger partial charge < -0.3 is 0 Å². The largest absolute Gasteiger partial charge is 0.288 e. The van der Waals surface area contributed by atoms with Gasteiger partial charge in [-0.05, 0) is 12.5 Å². The van der Waals surface area contributed by atoms with Gasteiger partial charge in [0.2, 0.25) is 0 Å². The molecule has 0 atom stereocenters. The smallest absolute Gasteiger partial charge is 0.126 e. The maximum absolute atomic E-state index is 8.82. The first kappa shape index (κ1) is 5.72. The Bertz CT molecular complexity index is 132. The van der Waals surface area contributed by atoms with Gasteiger partial charge in [0.25, 0.3) is 0 Å². The van der Waals surface area contributed by atoms with Crippen LogP contribution in [0.5, 0.6) is 0 Å². The molecule has 0 saturated carbocycles. The first-order valence-corrected chi connectivity index (χ1v) is 2.88. The average molecular weight is 129 g/mol. The number of thiocarbonyl (C=S) groups is 1. The quantitative estimate of drug-likeness (QED) is 0.493. The van der Waals surface area contributed by atoms with Crippen LogP contribution in [0.3, 0.4) is 0 Å². The van der Waals surface area contributed by atoms with Gasteiger partial charge in [-0.1, -0.05) is 18.3 Å². The lowest BCUT2D eigenvalue weighted by Crippen LogP contribution is -2.27. The molecule has 0 aromatic heterocycles. The Morgan fingerprint density at radius 2 is 2.50 bits per heavy atom. The van der Waals surface area contributed by atoms with Crippen LogP contribution in [0.15, 0.2) is 12.2 Å². The highest BCUT2D eigenvalue weighted by atomic mass is 32.1. The van der Waals surface area contributed by atoms with E-state index in [1.54, 1.807) is 6.08 Å². The third kappa shape index (κ3) is 1.05. The van der Waals surface area contributed by atoms with Crippen LogP contribution in [-0.2, 0) is 0 Å². The van der Waals surface area contributed by atoms with Crippen LogP contribution in [-0.4, -0.2) is 21.8 Å². The zero-order valence-corrected chi connectivity index (χ0v) is 5.19. The summed E-state index contributed by atoms with van der Waals surface area (Å²) in [6.45, 7) is 0.634. The van der Waals surface area contributed by atoms with Crippen molar-refractivity contribution in [1.82, 2.24) is 5.06 Å². The molecule has 1 aliphatic rings. The molecule has 1 rings (SSSR count). The van der Waals surface area contributed by atoms with Gasteiger partial charge in [0.15, 0.2) is 0 Å². The van der Waals surface area contributed by atoms with Gasteiger partial charge in [-0.15, -0.1) is 0 Å². The third-order valence-electron chi connectivity index (χ3n) is 1.02. The van der Waals surface area contributed by atoms with Crippen molar-refractivity contribution in [3.05, 3.63) is 12.2 Å². The monoisotopic (exact) mass is 129 g/mol. The van der Waals surface area contributed by atoms with E-state index in [-0.39, 0.29) is 0 Å². The van der Waals surface area contributed by atoms with Crippen LogP contribution in [0.2, 0.25) is 0 Å². The molecule has 8 heavy (non-hydrogen) atoms. The lowest BCUT2D eigenvalue weighted by Gasteiger charge is -2.17. The first-order chi connectivity index (χ1) is 3.80. The second-order valence-electron chi connectivity index (χ2n) is 1.65. The summed E-state index contributed by atoms with van der Waals surface area (Å²) in [5.74, 6) is 0. The number of hydroxylamine groups is 2. The molecule has 1 heterocycles. The van der Waals surface area contributed by atoms with Gasteiger partial charge in [0, 0.05) is 6.54 Å². The molecule has 0 aromatic rings. The molecule has 3 heteroatoms. The van der Waals surface area contributed by atoms with Crippen molar-refractivity contribution in [2.24, 2.45) is 0 Å². The van der Waals surface area contributed by atoms with E-state index in [2.05, 4.69) is 0 Å². The van der Waals surface area contributed by atoms with E-state index in [1.165, 1.54) is 0 Å². The molecular formula is C5H7NOS. The molecule has 0 fully saturated rings. The van der Waals surface area contributed by atoms with E-state index in [4.69, 9.17) is 17.4 Å². The average Bonchev–Trinajstić information content (AvgIpc) is 1.77. The molecule has 1 aliphatic heterocycles. The van der Waals surface area contributed by atoms with Crippen LogP contribution in [0.25, 0.3) is 0 Å². The summed E-state index contributed by atoms with van der Waals surface area (Å²) in [5.41, 5.74) is 0. The zero-order valence-electron chi connectivity index (χ0n) is 4.37. The van der Waals surface area contributed by atoms with Crippen molar-refractivity contribution in [3.8, 4) is 0 Å². The van der Waals surface area contributed by atoms with Crippen molar-refractivity contribution in [2.45, 2.75) is 6.42 Å². The molecule has 0 saturated heterocycles. The summed E-state index contributed by atoms with van der Waals surface area (Å²) in [6, 6.07) is 0. The maximum atomic E-state index is 8.82. The summed E-state index contributed by atoms with van der Waals surface area (Å²) < 4.78 is 0. The Kier molecular flexibility index (Phi) is 1.60. The fraction of sp³-hybridized carbons (Fsp3) is 0.400. The zero-order chi connectivity index (χ0) is 5.98. The summed E-state index contributed by atoms with van der Waals surface area (Å²) in [4.78, 5) is 0.510. The van der Waals surface area contributed by atoms with Gasteiger partial charge in [-0.25, -0.2) is 5.06 Å². The highest BCUT2D eigenvalue weighted by Gasteiger charge is 2.04. The van der Waals surface area contributed by atoms with Crippen molar-refractivity contribution < 1.29 is 5.21 Å². The van der Waals surface area contributed by atoms with Gasteiger partial charge in [-0.3, -0.25) is 5.21 Å². The molecule has 0 spiro atoms. The number of hydrogen-bond donors (Lipinski definition) is 1. The van der Waals surface area contributed by atoms with Crippen molar-refractivity contribution >= 4 is 17.2 Å². The SMILES string of the molecule is ON1CCC=CC1=S. The number of rotatable bonds is 0. The molecule has 44 valence electrons. The summed E-state index contributed by atoms with van der Waals surface area (Å²) >= 11 is 4.72. The highest BCUT2D eigenvalue weighted by molar-refractivity contribution is 7.80. The predicted molar refractivity (Wildman–Crippen MR) is 34.8 cm³/mol. The Labute approximate surface area is 53.4 Å². The van der Waals surface area contributed by atoms with E-state index in [0.717, 1.165) is 11.5 Å². The lowest BCUT2D eigenvalue weighted by atomic mass is 10.3. The molecule has 0 aliphatic carbocycles. The Morgan fingerprint density at radius 3 is 2.88 bits per heavy atom. The topological polar surface area (TPSA) is 23.5 Å². The number of hydrogen-bond acceptors (Lipinski definition) is 2. The highest BCUT2D eigenvalue weighted by Crippen LogP contribution is 1.99. The molecule has 0 bridgehead atoms. The van der Waals surface area contributed by atoms with Gasteiger partial charge in [-0.2, -0.15) is 0 Å². The van der Waals surface area contributed by atoms with Crippen LogP contribution in [0.1, 0.15) is 6.42 Å². The van der Waals surface area contributed by atoms with E-state index in [1.807, 2.05) is 6.08 Å².